The van der Waals surface area contributed by atoms with E-state index in [9.17, 15) is 14.4 Å². The minimum Gasteiger partial charge on any atom is -0.342 e. The minimum atomic E-state index is -0.566. The van der Waals surface area contributed by atoms with Gasteiger partial charge in [0.1, 0.15) is 12.1 Å². The minimum absolute atomic E-state index is 0.0333. The normalized spacial score (nSPS) is 26.5. The summed E-state index contributed by atoms with van der Waals surface area (Å²) in [5.74, 6) is -0.0375. The van der Waals surface area contributed by atoms with Crippen LogP contribution in [0.1, 0.15) is 18.4 Å². The lowest BCUT2D eigenvalue weighted by Gasteiger charge is -2.46. The van der Waals surface area contributed by atoms with E-state index in [-0.39, 0.29) is 23.6 Å². The molecule has 0 radical (unpaired) electrons. The number of benzene rings is 1. The van der Waals surface area contributed by atoms with Gasteiger partial charge in [-0.3, -0.25) is 14.4 Å². The molecule has 3 heterocycles. The zero-order valence-corrected chi connectivity index (χ0v) is 15.4. The smallest absolute Gasteiger partial charge is 0.246 e. The van der Waals surface area contributed by atoms with E-state index in [0.29, 0.717) is 26.1 Å². The predicted molar refractivity (Wildman–Crippen MR) is 99.8 cm³/mol. The first kappa shape index (κ1) is 18.0. The third-order valence-corrected chi connectivity index (χ3v) is 5.86. The summed E-state index contributed by atoms with van der Waals surface area (Å²) in [7, 11) is 0. The van der Waals surface area contributed by atoms with Crippen molar-refractivity contribution < 1.29 is 14.4 Å². The highest BCUT2D eigenvalue weighted by atomic mass is 16.2. The molecule has 3 saturated heterocycles. The van der Waals surface area contributed by atoms with E-state index in [1.165, 1.54) is 0 Å². The molecule has 2 atom stereocenters. The standard InChI is InChI=1S/C20H26N4O3/c25-18-17-13-23(19(26)15-6-8-21-9-7-15)10-11-24(17)20(27)16(22-18)12-14-4-2-1-3-5-14/h1-5,15-17,21H,6-13H2,(H,22,25)/t16-,17+/m0/s1. The van der Waals surface area contributed by atoms with Crippen LogP contribution in [0.25, 0.3) is 0 Å². The molecule has 3 aliphatic heterocycles. The van der Waals surface area contributed by atoms with Crippen molar-refractivity contribution in [3.8, 4) is 0 Å². The van der Waals surface area contributed by atoms with Gasteiger partial charge in [0, 0.05) is 25.4 Å². The number of fused-ring (bicyclic) bond motifs is 1. The molecule has 0 saturated carbocycles. The van der Waals surface area contributed by atoms with Crippen LogP contribution in [0.2, 0.25) is 0 Å². The highest BCUT2D eigenvalue weighted by Crippen LogP contribution is 2.22. The second-order valence-electron chi connectivity index (χ2n) is 7.61. The fraction of sp³-hybridized carbons (Fsp3) is 0.550. The molecule has 0 spiro atoms. The van der Waals surface area contributed by atoms with Crippen LogP contribution >= 0.6 is 0 Å². The molecule has 3 fully saturated rings. The summed E-state index contributed by atoms with van der Waals surface area (Å²) in [4.78, 5) is 41.8. The van der Waals surface area contributed by atoms with Gasteiger partial charge in [-0.05, 0) is 31.5 Å². The Labute approximate surface area is 159 Å². The summed E-state index contributed by atoms with van der Waals surface area (Å²) >= 11 is 0. The molecule has 2 N–H and O–H groups in total. The van der Waals surface area contributed by atoms with Crippen molar-refractivity contribution in [3.05, 3.63) is 35.9 Å². The first-order valence-corrected chi connectivity index (χ1v) is 9.78. The number of nitrogens with zero attached hydrogens (tertiary/aromatic N) is 2. The van der Waals surface area contributed by atoms with Gasteiger partial charge < -0.3 is 20.4 Å². The molecule has 4 rings (SSSR count). The van der Waals surface area contributed by atoms with Crippen LogP contribution in [-0.2, 0) is 20.8 Å². The van der Waals surface area contributed by atoms with Gasteiger partial charge in [0.15, 0.2) is 0 Å². The lowest BCUT2D eigenvalue weighted by molar-refractivity contribution is -0.156. The SMILES string of the molecule is O=C1N[C@@H](Cc2ccccc2)C(=O)N2CCN(C(=O)C3CCNCC3)C[C@H]12. The van der Waals surface area contributed by atoms with Crippen LogP contribution in [0.5, 0.6) is 0 Å². The zero-order chi connectivity index (χ0) is 18.8. The number of nitrogens with one attached hydrogen (secondary N) is 2. The molecule has 0 bridgehead atoms. The van der Waals surface area contributed by atoms with Crippen LogP contribution in [-0.4, -0.2) is 72.3 Å². The molecule has 3 aliphatic rings. The van der Waals surface area contributed by atoms with Crippen LogP contribution in [0.15, 0.2) is 30.3 Å². The van der Waals surface area contributed by atoms with Crippen LogP contribution in [0.3, 0.4) is 0 Å². The van der Waals surface area contributed by atoms with Gasteiger partial charge in [0.05, 0.1) is 6.54 Å². The van der Waals surface area contributed by atoms with E-state index in [1.807, 2.05) is 30.3 Å². The first-order valence-electron chi connectivity index (χ1n) is 9.78. The zero-order valence-electron chi connectivity index (χ0n) is 15.4. The summed E-state index contributed by atoms with van der Waals surface area (Å²) in [5.41, 5.74) is 1.02. The van der Waals surface area contributed by atoms with Gasteiger partial charge in [0.25, 0.3) is 0 Å². The molecule has 1 aromatic carbocycles. The number of carbonyl (C=O) groups excluding carboxylic acids is 3. The Morgan fingerprint density at radius 1 is 1.07 bits per heavy atom. The fourth-order valence-electron chi connectivity index (χ4n) is 4.32. The van der Waals surface area contributed by atoms with Crippen molar-refractivity contribution in [1.82, 2.24) is 20.4 Å². The van der Waals surface area contributed by atoms with Crippen LogP contribution < -0.4 is 10.6 Å². The summed E-state index contributed by atoms with van der Waals surface area (Å²) in [6.45, 7) is 2.97. The Morgan fingerprint density at radius 2 is 1.81 bits per heavy atom. The molecule has 144 valence electrons. The van der Waals surface area contributed by atoms with Crippen LogP contribution in [0, 0.1) is 5.92 Å². The molecular weight excluding hydrogens is 344 g/mol. The number of carbonyl (C=O) groups is 3. The first-order chi connectivity index (χ1) is 13.1. The van der Waals surface area contributed by atoms with E-state index in [0.717, 1.165) is 31.5 Å². The van der Waals surface area contributed by atoms with Crippen molar-refractivity contribution in [2.45, 2.75) is 31.3 Å². The van der Waals surface area contributed by atoms with E-state index >= 15 is 0 Å². The second-order valence-corrected chi connectivity index (χ2v) is 7.61. The van der Waals surface area contributed by atoms with E-state index in [2.05, 4.69) is 10.6 Å². The highest BCUT2D eigenvalue weighted by Gasteiger charge is 2.44. The summed E-state index contributed by atoms with van der Waals surface area (Å²) < 4.78 is 0. The highest BCUT2D eigenvalue weighted by molar-refractivity contribution is 5.98. The Hall–Kier alpha value is -2.41. The third-order valence-electron chi connectivity index (χ3n) is 5.86. The largest absolute Gasteiger partial charge is 0.342 e. The monoisotopic (exact) mass is 370 g/mol. The summed E-state index contributed by atoms with van der Waals surface area (Å²) in [6, 6.07) is 8.62. The predicted octanol–water partition coefficient (Wildman–Crippen LogP) is -0.233. The number of rotatable bonds is 3. The maximum Gasteiger partial charge on any atom is 0.246 e. The van der Waals surface area contributed by atoms with E-state index in [1.54, 1.807) is 9.80 Å². The van der Waals surface area contributed by atoms with Gasteiger partial charge in [-0.15, -0.1) is 0 Å². The van der Waals surface area contributed by atoms with Crippen molar-refractivity contribution in [2.75, 3.05) is 32.7 Å². The molecule has 1 aromatic rings. The molecule has 7 nitrogen and oxygen atoms in total. The quantitative estimate of drug-likeness (QED) is 0.770. The van der Waals surface area contributed by atoms with E-state index in [4.69, 9.17) is 0 Å². The average Bonchev–Trinajstić information content (AvgIpc) is 2.72. The molecule has 0 aliphatic carbocycles. The Balaban J connectivity index is 1.41. The van der Waals surface area contributed by atoms with Crippen molar-refractivity contribution in [1.29, 1.82) is 0 Å². The topological polar surface area (TPSA) is 81.8 Å². The third kappa shape index (κ3) is 3.69. The Bertz CT molecular complexity index is 717. The Morgan fingerprint density at radius 3 is 2.56 bits per heavy atom. The average molecular weight is 370 g/mol. The number of hydrogen-bond donors (Lipinski definition) is 2. The van der Waals surface area contributed by atoms with Gasteiger partial charge in [-0.2, -0.15) is 0 Å². The van der Waals surface area contributed by atoms with Gasteiger partial charge >= 0.3 is 0 Å². The lowest BCUT2D eigenvalue weighted by atomic mass is 9.94. The van der Waals surface area contributed by atoms with Gasteiger partial charge in [-0.25, -0.2) is 0 Å². The number of hydrogen-bond acceptors (Lipinski definition) is 4. The number of piperazine rings is 2. The van der Waals surface area contributed by atoms with Crippen molar-refractivity contribution in [2.24, 2.45) is 5.92 Å². The fourth-order valence-corrected chi connectivity index (χ4v) is 4.32. The van der Waals surface area contributed by atoms with Gasteiger partial charge in [0.2, 0.25) is 17.7 Å². The number of piperidine rings is 1. The van der Waals surface area contributed by atoms with E-state index < -0.39 is 12.1 Å². The summed E-state index contributed by atoms with van der Waals surface area (Å²) in [5, 5.41) is 6.14. The second kappa shape index (κ2) is 7.68. The number of amides is 3. The lowest BCUT2D eigenvalue weighted by Crippen LogP contribution is -2.70. The summed E-state index contributed by atoms with van der Waals surface area (Å²) in [6.07, 6.45) is 2.17. The Kier molecular flexibility index (Phi) is 5.11. The van der Waals surface area contributed by atoms with Gasteiger partial charge in [-0.1, -0.05) is 30.3 Å². The van der Waals surface area contributed by atoms with Crippen molar-refractivity contribution >= 4 is 17.7 Å². The molecular formula is C20H26N4O3. The van der Waals surface area contributed by atoms with Crippen molar-refractivity contribution in [3.63, 3.8) is 0 Å². The molecule has 7 heteroatoms. The molecule has 3 amide bonds. The molecule has 27 heavy (non-hydrogen) atoms. The van der Waals surface area contributed by atoms with Crippen LogP contribution in [0.4, 0.5) is 0 Å². The molecule has 0 aromatic heterocycles. The maximum absolute atomic E-state index is 12.9. The maximum atomic E-state index is 12.9. The molecule has 0 unspecified atom stereocenters.